The van der Waals surface area contributed by atoms with Crippen LogP contribution in [-0.2, 0) is 0 Å². The second kappa shape index (κ2) is 5.45. The Labute approximate surface area is 150 Å². The number of hydrogen-bond acceptors (Lipinski definition) is 1. The highest BCUT2D eigenvalue weighted by Gasteiger charge is 2.62. The summed E-state index contributed by atoms with van der Waals surface area (Å²) in [5.74, 6) is 0. The van der Waals surface area contributed by atoms with Gasteiger partial charge in [0.25, 0.3) is 0 Å². The first-order valence-electron chi connectivity index (χ1n) is 8.37. The van der Waals surface area contributed by atoms with Gasteiger partial charge in [-0.05, 0) is 43.2 Å². The average Bonchev–Trinajstić information content (AvgIpc) is 2.63. The normalized spacial score (nSPS) is 14.5. The Morgan fingerprint density at radius 3 is 1.83 bits per heavy atom. The highest BCUT2D eigenvalue weighted by Crippen LogP contribution is 2.63. The molecule has 0 saturated carbocycles. The summed E-state index contributed by atoms with van der Waals surface area (Å²) < 4.78 is 3.72. The molecule has 2 aromatic heterocycles. The molecule has 0 aliphatic carbocycles. The molecule has 2 nitrogen and oxygen atoms in total. The van der Waals surface area contributed by atoms with Gasteiger partial charge in [0.1, 0.15) is 5.52 Å². The summed E-state index contributed by atoms with van der Waals surface area (Å²) >= 11 is 3.75. The Morgan fingerprint density at radius 1 is 0.913 bits per heavy atom. The summed E-state index contributed by atoms with van der Waals surface area (Å²) in [6.45, 7) is 21.8. The predicted molar refractivity (Wildman–Crippen MR) is 108 cm³/mol. The number of halogens is 1. The summed E-state index contributed by atoms with van der Waals surface area (Å²) in [5, 5.41) is 0.597. The van der Waals surface area contributed by atoms with Gasteiger partial charge in [-0.2, -0.15) is 0 Å². The van der Waals surface area contributed by atoms with Gasteiger partial charge in [-0.15, -0.1) is 0 Å². The summed E-state index contributed by atoms with van der Waals surface area (Å²) in [7, 11) is -2.07. The maximum Gasteiger partial charge on any atom is 0.177 e. The topological polar surface area (TPSA) is 17.8 Å². The second-order valence-corrected chi connectivity index (χ2v) is 16.9. The van der Waals surface area contributed by atoms with Gasteiger partial charge in [-0.25, -0.2) is 0 Å². The fraction of sp³-hybridized carbons (Fsp3) is 0.632. The smallest absolute Gasteiger partial charge is 0.177 e. The van der Waals surface area contributed by atoms with Crippen LogP contribution in [0.15, 0.2) is 29.0 Å². The van der Waals surface area contributed by atoms with Crippen LogP contribution in [0.1, 0.15) is 62.3 Å². The van der Waals surface area contributed by atoms with Gasteiger partial charge < -0.3 is 4.23 Å². The first kappa shape index (κ1) is 18.7. The zero-order valence-electron chi connectivity index (χ0n) is 16.1. The van der Waals surface area contributed by atoms with Crippen LogP contribution in [0.2, 0.25) is 15.1 Å². The summed E-state index contributed by atoms with van der Waals surface area (Å²) in [4.78, 5) is 4.62. The quantitative estimate of drug-likeness (QED) is 0.476. The maximum absolute atomic E-state index is 4.62. The van der Waals surface area contributed by atoms with Gasteiger partial charge >= 0.3 is 0 Å². The third-order valence-corrected chi connectivity index (χ3v) is 13.3. The molecule has 2 rings (SSSR count). The van der Waals surface area contributed by atoms with Crippen molar-refractivity contribution < 1.29 is 0 Å². The number of pyridine rings is 1. The van der Waals surface area contributed by atoms with Crippen LogP contribution >= 0.6 is 15.9 Å². The van der Waals surface area contributed by atoms with Gasteiger partial charge in [0.15, 0.2) is 8.24 Å². The van der Waals surface area contributed by atoms with E-state index in [0.29, 0.717) is 0 Å². The van der Waals surface area contributed by atoms with Crippen LogP contribution in [0.25, 0.3) is 11.0 Å². The molecule has 2 aromatic rings. The van der Waals surface area contributed by atoms with Crippen molar-refractivity contribution in [1.82, 2.24) is 9.22 Å². The van der Waals surface area contributed by atoms with Crippen molar-refractivity contribution in [1.29, 1.82) is 0 Å². The molecular formula is C19H31BrN2Si. The van der Waals surface area contributed by atoms with Crippen LogP contribution < -0.4 is 0 Å². The van der Waals surface area contributed by atoms with E-state index in [4.69, 9.17) is 0 Å². The molecule has 0 aromatic carbocycles. The van der Waals surface area contributed by atoms with Crippen LogP contribution in [0.5, 0.6) is 0 Å². The zero-order chi connectivity index (χ0) is 17.8. The van der Waals surface area contributed by atoms with Gasteiger partial charge in [-0.1, -0.05) is 62.3 Å². The molecule has 0 amide bonds. The Balaban J connectivity index is 3.03. The van der Waals surface area contributed by atoms with Crippen LogP contribution in [0, 0.1) is 0 Å². The Hall–Kier alpha value is -0.613. The van der Waals surface area contributed by atoms with Crippen molar-refractivity contribution in [3.05, 3.63) is 29.0 Å². The van der Waals surface area contributed by atoms with E-state index in [1.165, 1.54) is 5.52 Å². The number of rotatable bonds is 1. The van der Waals surface area contributed by atoms with Crippen LogP contribution in [-0.4, -0.2) is 17.5 Å². The third-order valence-electron chi connectivity index (χ3n) is 5.13. The van der Waals surface area contributed by atoms with Crippen molar-refractivity contribution in [2.45, 2.75) is 77.4 Å². The van der Waals surface area contributed by atoms with Crippen molar-refractivity contribution in [3.8, 4) is 0 Å². The minimum absolute atomic E-state index is 0.199. The minimum Gasteiger partial charge on any atom is -0.370 e. The molecule has 0 unspecified atom stereocenters. The molecule has 4 heteroatoms. The summed E-state index contributed by atoms with van der Waals surface area (Å²) in [5.41, 5.74) is 2.33. The largest absolute Gasteiger partial charge is 0.370 e. The van der Waals surface area contributed by atoms with E-state index >= 15 is 0 Å². The highest BCUT2D eigenvalue weighted by molar-refractivity contribution is 9.10. The van der Waals surface area contributed by atoms with Crippen molar-refractivity contribution in [3.63, 3.8) is 0 Å². The number of aromatic nitrogens is 2. The molecule has 0 saturated heterocycles. The Morgan fingerprint density at radius 2 is 1.39 bits per heavy atom. The molecular weight excluding hydrogens is 364 g/mol. The molecule has 0 N–H and O–H groups in total. The molecule has 0 fully saturated rings. The summed E-state index contributed by atoms with van der Waals surface area (Å²) in [6.07, 6.45) is 4.18. The summed E-state index contributed by atoms with van der Waals surface area (Å²) in [6, 6.07) is 4.27. The number of hydrogen-bond donors (Lipinski definition) is 0. The fourth-order valence-electron chi connectivity index (χ4n) is 5.76. The molecule has 0 aliphatic heterocycles. The lowest BCUT2D eigenvalue weighted by molar-refractivity contribution is 0.513. The predicted octanol–water partition coefficient (Wildman–Crippen LogP) is 6.99. The average molecular weight is 395 g/mol. The van der Waals surface area contributed by atoms with Crippen LogP contribution in [0.4, 0.5) is 0 Å². The van der Waals surface area contributed by atoms with Gasteiger partial charge in [0, 0.05) is 12.4 Å². The minimum atomic E-state index is -2.07. The van der Waals surface area contributed by atoms with Crippen LogP contribution in [0.3, 0.4) is 0 Å². The number of nitrogens with zero attached hydrogens (tertiary/aromatic N) is 2. The second-order valence-electron chi connectivity index (χ2n) is 9.68. The highest BCUT2D eigenvalue weighted by atomic mass is 79.9. The Kier molecular flexibility index (Phi) is 4.44. The van der Waals surface area contributed by atoms with E-state index in [1.54, 1.807) is 0 Å². The van der Waals surface area contributed by atoms with Gasteiger partial charge in [0.05, 0.1) is 9.99 Å². The van der Waals surface area contributed by atoms with E-state index in [2.05, 4.69) is 106 Å². The molecule has 0 aliphatic rings. The van der Waals surface area contributed by atoms with Gasteiger partial charge in [-0.3, -0.25) is 4.98 Å². The van der Waals surface area contributed by atoms with E-state index in [-0.39, 0.29) is 15.1 Å². The van der Waals surface area contributed by atoms with Crippen molar-refractivity contribution in [2.24, 2.45) is 0 Å². The number of fused-ring (bicyclic) bond motifs is 1. The third kappa shape index (κ3) is 2.62. The maximum atomic E-state index is 4.62. The van der Waals surface area contributed by atoms with Gasteiger partial charge in [0.2, 0.25) is 0 Å². The molecule has 23 heavy (non-hydrogen) atoms. The lowest BCUT2D eigenvalue weighted by Gasteiger charge is -2.59. The van der Waals surface area contributed by atoms with Crippen molar-refractivity contribution in [2.75, 3.05) is 0 Å². The first-order chi connectivity index (χ1) is 10.2. The lowest BCUT2D eigenvalue weighted by atomic mass is 10.2. The molecule has 0 spiro atoms. The first-order valence-corrected chi connectivity index (χ1v) is 11.1. The van der Waals surface area contributed by atoms with E-state index < -0.39 is 8.24 Å². The zero-order valence-corrected chi connectivity index (χ0v) is 18.7. The monoisotopic (exact) mass is 394 g/mol. The molecule has 128 valence electrons. The molecule has 2 heterocycles. The van der Waals surface area contributed by atoms with E-state index in [0.717, 1.165) is 9.99 Å². The SMILES string of the molecule is CC(C)(C)[Si](n1cc(Br)c2ncccc21)(C(C)(C)C)C(C)(C)C. The van der Waals surface area contributed by atoms with E-state index in [1.807, 2.05) is 6.20 Å². The van der Waals surface area contributed by atoms with Crippen molar-refractivity contribution >= 4 is 35.2 Å². The fourth-order valence-corrected chi connectivity index (χ4v) is 16.2. The lowest BCUT2D eigenvalue weighted by Crippen LogP contribution is -2.63. The molecule has 0 radical (unpaired) electrons. The Bertz CT molecular complexity index is 675. The van der Waals surface area contributed by atoms with E-state index in [9.17, 15) is 0 Å². The molecule has 0 atom stereocenters. The molecule has 0 bridgehead atoms. The standard InChI is InChI=1S/C19H31BrN2Si/c1-17(2,3)23(18(4,5)6,19(7,8)9)22-13-14(20)16-15(22)11-10-12-21-16/h10-13H,1-9H3.